The molecule has 1 saturated heterocycles. The van der Waals surface area contributed by atoms with Gasteiger partial charge in [-0.3, -0.25) is 4.79 Å². The van der Waals surface area contributed by atoms with Crippen LogP contribution in [0, 0.1) is 0 Å². The normalized spacial score (nSPS) is 17.6. The number of anilines is 1. The molecule has 4 rings (SSSR count). The summed E-state index contributed by atoms with van der Waals surface area (Å²) in [6.07, 6.45) is 4.79. The summed E-state index contributed by atoms with van der Waals surface area (Å²) in [7, 11) is 1.64. The third-order valence-electron chi connectivity index (χ3n) is 5.08. The number of carbonyl (C=O) groups is 1. The van der Waals surface area contributed by atoms with E-state index in [0.29, 0.717) is 27.3 Å². The Balaban J connectivity index is 1.44. The second kappa shape index (κ2) is 9.14. The predicted octanol–water partition coefficient (Wildman–Crippen LogP) is 5.75. The van der Waals surface area contributed by atoms with Gasteiger partial charge < -0.3 is 14.8 Å². The Morgan fingerprint density at radius 1 is 1.00 bits per heavy atom. The first-order valence-electron chi connectivity index (χ1n) is 9.72. The SMILES string of the molecule is COc1ccc(NC(=O)c2ccc(C3SCCS3)cc2)cc1OC1CCCC1. The average molecular weight is 416 g/mol. The molecule has 0 atom stereocenters. The maximum atomic E-state index is 12.7. The fraction of sp³-hybridized carbons (Fsp3) is 0.409. The molecule has 0 bridgehead atoms. The highest BCUT2D eigenvalue weighted by atomic mass is 32.2. The topological polar surface area (TPSA) is 47.6 Å². The number of hydrogen-bond donors (Lipinski definition) is 1. The lowest BCUT2D eigenvalue weighted by Gasteiger charge is -2.17. The Kier molecular flexibility index (Phi) is 6.37. The van der Waals surface area contributed by atoms with Crippen molar-refractivity contribution in [2.45, 2.75) is 36.4 Å². The minimum Gasteiger partial charge on any atom is -0.493 e. The van der Waals surface area contributed by atoms with Crippen molar-refractivity contribution in [3.05, 3.63) is 53.6 Å². The van der Waals surface area contributed by atoms with E-state index in [9.17, 15) is 4.79 Å². The van der Waals surface area contributed by atoms with Gasteiger partial charge in [0.1, 0.15) is 0 Å². The summed E-state index contributed by atoms with van der Waals surface area (Å²) in [5.74, 6) is 3.66. The second-order valence-corrected chi connectivity index (χ2v) is 9.76. The van der Waals surface area contributed by atoms with Gasteiger partial charge in [-0.1, -0.05) is 12.1 Å². The van der Waals surface area contributed by atoms with Crippen LogP contribution in [0.25, 0.3) is 0 Å². The smallest absolute Gasteiger partial charge is 0.255 e. The van der Waals surface area contributed by atoms with E-state index in [0.717, 1.165) is 12.8 Å². The van der Waals surface area contributed by atoms with E-state index < -0.39 is 0 Å². The third-order valence-corrected chi connectivity index (χ3v) is 8.19. The quantitative estimate of drug-likeness (QED) is 0.651. The maximum Gasteiger partial charge on any atom is 0.255 e. The molecule has 0 spiro atoms. The van der Waals surface area contributed by atoms with Crippen LogP contribution >= 0.6 is 23.5 Å². The summed E-state index contributed by atoms with van der Waals surface area (Å²) in [4.78, 5) is 12.7. The van der Waals surface area contributed by atoms with Crippen molar-refractivity contribution in [1.29, 1.82) is 0 Å². The molecule has 148 valence electrons. The molecule has 1 aliphatic carbocycles. The van der Waals surface area contributed by atoms with Gasteiger partial charge >= 0.3 is 0 Å². The number of methoxy groups -OCH3 is 1. The van der Waals surface area contributed by atoms with Crippen LogP contribution in [-0.2, 0) is 0 Å². The molecule has 0 radical (unpaired) electrons. The Morgan fingerprint density at radius 3 is 2.39 bits per heavy atom. The minimum atomic E-state index is -0.115. The van der Waals surface area contributed by atoms with Crippen LogP contribution in [0.2, 0.25) is 0 Å². The first-order valence-corrected chi connectivity index (χ1v) is 11.8. The Labute approximate surface area is 174 Å². The predicted molar refractivity (Wildman–Crippen MR) is 118 cm³/mol. The third kappa shape index (κ3) is 4.61. The number of benzene rings is 2. The molecule has 4 nitrogen and oxygen atoms in total. The number of amides is 1. The molecular weight excluding hydrogens is 390 g/mol. The summed E-state index contributed by atoms with van der Waals surface area (Å²) in [6.45, 7) is 0. The molecule has 2 aliphatic rings. The van der Waals surface area contributed by atoms with Gasteiger partial charge in [-0.05, 0) is 55.5 Å². The van der Waals surface area contributed by atoms with Crippen molar-refractivity contribution in [3.8, 4) is 11.5 Å². The van der Waals surface area contributed by atoms with Gasteiger partial charge in [0.2, 0.25) is 0 Å². The van der Waals surface area contributed by atoms with E-state index in [4.69, 9.17) is 9.47 Å². The van der Waals surface area contributed by atoms with Crippen LogP contribution in [-0.4, -0.2) is 30.6 Å². The van der Waals surface area contributed by atoms with Crippen LogP contribution in [0.5, 0.6) is 11.5 Å². The van der Waals surface area contributed by atoms with Crippen LogP contribution in [0.1, 0.15) is 46.2 Å². The summed E-state index contributed by atoms with van der Waals surface area (Å²) < 4.78 is 12.0. The first-order chi connectivity index (χ1) is 13.7. The standard InChI is InChI=1S/C22H25NO3S2/c1-25-19-11-10-17(14-20(19)26-18-4-2-3-5-18)23-21(24)15-6-8-16(9-7-15)22-27-12-13-28-22/h6-11,14,18,22H,2-5,12-13H2,1H3,(H,23,24). The number of nitrogens with one attached hydrogen (secondary N) is 1. The van der Waals surface area contributed by atoms with Crippen molar-refractivity contribution in [2.75, 3.05) is 23.9 Å². The van der Waals surface area contributed by atoms with Crippen LogP contribution in [0.15, 0.2) is 42.5 Å². The van der Waals surface area contributed by atoms with Crippen LogP contribution in [0.3, 0.4) is 0 Å². The van der Waals surface area contributed by atoms with Crippen LogP contribution in [0.4, 0.5) is 5.69 Å². The number of ether oxygens (including phenoxy) is 2. The molecule has 1 saturated carbocycles. The van der Waals surface area contributed by atoms with E-state index in [-0.39, 0.29) is 12.0 Å². The summed E-state index contributed by atoms with van der Waals surface area (Å²) >= 11 is 3.93. The molecule has 1 N–H and O–H groups in total. The molecule has 1 heterocycles. The van der Waals surface area contributed by atoms with E-state index in [1.807, 2.05) is 53.9 Å². The first kappa shape index (κ1) is 19.5. The molecule has 0 aromatic heterocycles. The molecule has 2 fully saturated rings. The highest BCUT2D eigenvalue weighted by Crippen LogP contribution is 2.45. The Morgan fingerprint density at radius 2 is 1.71 bits per heavy atom. The summed E-state index contributed by atoms with van der Waals surface area (Å²) in [6, 6.07) is 13.5. The second-order valence-electron chi connectivity index (χ2n) is 7.04. The van der Waals surface area contributed by atoms with Gasteiger partial charge in [0.05, 0.1) is 17.8 Å². The summed E-state index contributed by atoms with van der Waals surface area (Å²) in [5.41, 5.74) is 2.65. The Hall–Kier alpha value is -1.79. The zero-order chi connectivity index (χ0) is 19.3. The van der Waals surface area contributed by atoms with Gasteiger partial charge in [0.25, 0.3) is 5.91 Å². The van der Waals surface area contributed by atoms with Crippen molar-refractivity contribution in [1.82, 2.24) is 0 Å². The highest BCUT2D eigenvalue weighted by molar-refractivity contribution is 8.19. The molecule has 2 aromatic rings. The molecule has 0 unspecified atom stereocenters. The average Bonchev–Trinajstić information content (AvgIpc) is 3.43. The lowest BCUT2D eigenvalue weighted by Crippen LogP contribution is -2.14. The van der Waals surface area contributed by atoms with Crippen molar-refractivity contribution in [3.63, 3.8) is 0 Å². The molecular formula is C22H25NO3S2. The monoisotopic (exact) mass is 415 g/mol. The zero-order valence-corrected chi connectivity index (χ0v) is 17.6. The van der Waals surface area contributed by atoms with Gasteiger partial charge in [-0.2, -0.15) is 0 Å². The summed E-state index contributed by atoms with van der Waals surface area (Å²) in [5, 5.41) is 2.98. The number of carbonyl (C=O) groups excluding carboxylic acids is 1. The highest BCUT2D eigenvalue weighted by Gasteiger charge is 2.20. The minimum absolute atomic E-state index is 0.115. The van der Waals surface area contributed by atoms with E-state index >= 15 is 0 Å². The molecule has 2 aromatic carbocycles. The lowest BCUT2D eigenvalue weighted by molar-refractivity contribution is 0.102. The number of thioether (sulfide) groups is 2. The molecule has 1 amide bonds. The zero-order valence-electron chi connectivity index (χ0n) is 16.0. The Bertz CT molecular complexity index is 813. The molecule has 28 heavy (non-hydrogen) atoms. The molecule has 6 heteroatoms. The lowest BCUT2D eigenvalue weighted by atomic mass is 10.1. The largest absolute Gasteiger partial charge is 0.493 e. The van der Waals surface area contributed by atoms with E-state index in [1.165, 1.54) is 29.9 Å². The van der Waals surface area contributed by atoms with Gasteiger partial charge in [-0.25, -0.2) is 0 Å². The van der Waals surface area contributed by atoms with Gasteiger partial charge in [0, 0.05) is 28.8 Å². The van der Waals surface area contributed by atoms with Gasteiger partial charge in [0.15, 0.2) is 11.5 Å². The van der Waals surface area contributed by atoms with Crippen molar-refractivity contribution >= 4 is 35.1 Å². The van der Waals surface area contributed by atoms with E-state index in [1.54, 1.807) is 7.11 Å². The van der Waals surface area contributed by atoms with Gasteiger partial charge in [-0.15, -0.1) is 23.5 Å². The number of rotatable bonds is 6. The fourth-order valence-corrected chi connectivity index (χ4v) is 6.44. The fourth-order valence-electron chi connectivity index (χ4n) is 3.58. The number of hydrogen-bond acceptors (Lipinski definition) is 5. The molecule has 1 aliphatic heterocycles. The van der Waals surface area contributed by atoms with Crippen molar-refractivity contribution in [2.24, 2.45) is 0 Å². The van der Waals surface area contributed by atoms with Crippen molar-refractivity contribution < 1.29 is 14.3 Å². The van der Waals surface area contributed by atoms with Crippen LogP contribution < -0.4 is 14.8 Å². The van der Waals surface area contributed by atoms with E-state index in [2.05, 4.69) is 17.4 Å². The maximum absolute atomic E-state index is 12.7.